The van der Waals surface area contributed by atoms with Gasteiger partial charge in [-0.15, -0.1) is 0 Å². The molecule has 3 N–H and O–H groups in total. The average molecular weight is 535 g/mol. The van der Waals surface area contributed by atoms with Crippen molar-refractivity contribution in [1.82, 2.24) is 20.9 Å². The van der Waals surface area contributed by atoms with Gasteiger partial charge in [-0.1, -0.05) is 76.6 Å². The van der Waals surface area contributed by atoms with Gasteiger partial charge in [-0.2, -0.15) is 0 Å². The molecule has 5 atom stereocenters. The molecule has 39 heavy (non-hydrogen) atoms. The number of benzene rings is 2. The van der Waals surface area contributed by atoms with Crippen LogP contribution in [0.3, 0.4) is 0 Å². The lowest BCUT2D eigenvalue weighted by Crippen LogP contribution is -2.62. The number of carbonyl (C=O) groups excluding carboxylic acids is 3. The smallest absolute Gasteiger partial charge is 0.247 e. The standard InChI is InChI=1S/C31H42N4O4/c1-7-21(4)26-30(37)32-18-17-22-13-15-24(16-14-22)39-28(20(2)3)27(31(38)33-26)34-29(36)25(35(5)6)19-23-11-9-8-10-12-23/h8-18,20-21,25-28H,7,19H2,1-6H3,(H,32,37)(H,33,38)(H,34,36)/b18-17-/t21-,25-,26+,27-,28+/m1/s1. The molecular formula is C31H42N4O4. The van der Waals surface area contributed by atoms with Crippen LogP contribution in [0.1, 0.15) is 45.2 Å². The van der Waals surface area contributed by atoms with Crippen LogP contribution in [-0.4, -0.2) is 60.9 Å². The van der Waals surface area contributed by atoms with Gasteiger partial charge in [0.25, 0.3) is 0 Å². The molecule has 0 unspecified atom stereocenters. The number of rotatable bonds is 8. The number of hydrogen-bond acceptors (Lipinski definition) is 5. The largest absolute Gasteiger partial charge is 0.487 e. The molecule has 2 heterocycles. The van der Waals surface area contributed by atoms with Gasteiger partial charge in [0, 0.05) is 6.20 Å². The molecule has 0 aromatic heterocycles. The second kappa shape index (κ2) is 13.9. The molecule has 0 radical (unpaired) electrons. The van der Waals surface area contributed by atoms with Crippen molar-refractivity contribution in [2.45, 2.75) is 64.8 Å². The summed E-state index contributed by atoms with van der Waals surface area (Å²) in [5, 5.41) is 8.73. The summed E-state index contributed by atoms with van der Waals surface area (Å²) in [7, 11) is 3.69. The zero-order valence-electron chi connectivity index (χ0n) is 23.8. The van der Waals surface area contributed by atoms with Crippen molar-refractivity contribution in [3.63, 3.8) is 0 Å². The van der Waals surface area contributed by atoms with E-state index in [0.29, 0.717) is 18.6 Å². The number of nitrogens with zero attached hydrogens (tertiary/aromatic N) is 1. The maximum atomic E-state index is 13.9. The molecule has 4 rings (SSSR count). The van der Waals surface area contributed by atoms with E-state index in [2.05, 4.69) is 16.0 Å². The first-order chi connectivity index (χ1) is 18.6. The maximum Gasteiger partial charge on any atom is 0.247 e. The Morgan fingerprint density at radius 1 is 1.00 bits per heavy atom. The van der Waals surface area contributed by atoms with Crippen molar-refractivity contribution in [1.29, 1.82) is 0 Å². The Morgan fingerprint density at radius 3 is 2.26 bits per heavy atom. The van der Waals surface area contributed by atoms with Crippen LogP contribution in [0.4, 0.5) is 0 Å². The lowest BCUT2D eigenvalue weighted by Gasteiger charge is -2.34. The highest BCUT2D eigenvalue weighted by atomic mass is 16.5. The zero-order chi connectivity index (χ0) is 28.5. The quantitative estimate of drug-likeness (QED) is 0.482. The Bertz CT molecular complexity index is 1130. The lowest BCUT2D eigenvalue weighted by atomic mass is 9.94. The minimum absolute atomic E-state index is 0.128. The minimum Gasteiger partial charge on any atom is -0.487 e. The zero-order valence-corrected chi connectivity index (χ0v) is 23.8. The van der Waals surface area contributed by atoms with Gasteiger partial charge in [-0.05, 0) is 61.7 Å². The van der Waals surface area contributed by atoms with Crippen molar-refractivity contribution in [3.05, 3.63) is 71.9 Å². The fourth-order valence-electron chi connectivity index (χ4n) is 4.55. The third-order valence-electron chi connectivity index (χ3n) is 7.21. The summed E-state index contributed by atoms with van der Waals surface area (Å²) in [6, 6.07) is 14.8. The molecule has 3 amide bonds. The van der Waals surface area contributed by atoms with Crippen LogP contribution >= 0.6 is 0 Å². The minimum atomic E-state index is -1.03. The van der Waals surface area contributed by atoms with E-state index in [1.165, 1.54) is 0 Å². The summed E-state index contributed by atoms with van der Waals surface area (Å²) >= 11 is 0. The number of carbonyl (C=O) groups is 3. The van der Waals surface area contributed by atoms with Crippen LogP contribution in [0.15, 0.2) is 60.8 Å². The summed E-state index contributed by atoms with van der Waals surface area (Å²) in [6.07, 6.45) is 3.85. The molecule has 210 valence electrons. The first kappa shape index (κ1) is 29.9. The number of fused-ring (bicyclic) bond motifs is 10. The molecule has 0 aliphatic carbocycles. The molecule has 0 saturated carbocycles. The third kappa shape index (κ3) is 8.17. The molecule has 0 spiro atoms. The Hall–Kier alpha value is -3.65. The van der Waals surface area contributed by atoms with E-state index in [1.54, 1.807) is 12.3 Å². The predicted octanol–water partition coefficient (Wildman–Crippen LogP) is 3.38. The van der Waals surface area contributed by atoms with Gasteiger partial charge in [-0.25, -0.2) is 0 Å². The Morgan fingerprint density at radius 2 is 1.67 bits per heavy atom. The molecule has 2 bridgehead atoms. The maximum absolute atomic E-state index is 13.9. The highest BCUT2D eigenvalue weighted by molar-refractivity contribution is 5.94. The first-order valence-electron chi connectivity index (χ1n) is 13.7. The molecular weight excluding hydrogens is 492 g/mol. The van der Waals surface area contributed by atoms with Crippen LogP contribution in [-0.2, 0) is 20.8 Å². The second-order valence-electron chi connectivity index (χ2n) is 10.8. The van der Waals surface area contributed by atoms with E-state index in [4.69, 9.17) is 4.74 Å². The summed E-state index contributed by atoms with van der Waals surface area (Å²) < 4.78 is 6.35. The number of nitrogens with one attached hydrogen (secondary N) is 3. The van der Waals surface area contributed by atoms with E-state index in [9.17, 15) is 14.4 Å². The molecule has 0 fully saturated rings. The molecule has 2 aromatic carbocycles. The van der Waals surface area contributed by atoms with Gasteiger partial charge in [-0.3, -0.25) is 19.3 Å². The normalized spacial score (nSPS) is 22.3. The number of likely N-dealkylation sites (N-methyl/N-ethyl adjacent to an activating group) is 1. The van der Waals surface area contributed by atoms with Gasteiger partial charge < -0.3 is 20.7 Å². The van der Waals surface area contributed by atoms with Gasteiger partial charge in [0.2, 0.25) is 17.7 Å². The van der Waals surface area contributed by atoms with Gasteiger partial charge in [0.15, 0.2) is 0 Å². The van der Waals surface area contributed by atoms with E-state index >= 15 is 0 Å². The monoisotopic (exact) mass is 534 g/mol. The van der Waals surface area contributed by atoms with Crippen molar-refractivity contribution < 1.29 is 19.1 Å². The van der Waals surface area contributed by atoms with Crippen LogP contribution < -0.4 is 20.7 Å². The van der Waals surface area contributed by atoms with Crippen molar-refractivity contribution >= 4 is 23.8 Å². The Labute approximate surface area is 232 Å². The first-order valence-corrected chi connectivity index (χ1v) is 13.7. The number of amides is 3. The highest BCUT2D eigenvalue weighted by Gasteiger charge is 2.38. The van der Waals surface area contributed by atoms with Crippen LogP contribution in [0.5, 0.6) is 5.75 Å². The van der Waals surface area contributed by atoms with E-state index < -0.39 is 30.1 Å². The third-order valence-corrected chi connectivity index (χ3v) is 7.21. The fourth-order valence-corrected chi connectivity index (χ4v) is 4.55. The molecule has 2 aliphatic heterocycles. The van der Waals surface area contributed by atoms with Gasteiger partial charge in [0.1, 0.15) is 23.9 Å². The number of hydrogen-bond donors (Lipinski definition) is 3. The molecule has 8 nitrogen and oxygen atoms in total. The van der Waals surface area contributed by atoms with E-state index in [0.717, 1.165) is 11.1 Å². The predicted molar refractivity (Wildman–Crippen MR) is 154 cm³/mol. The molecule has 8 heteroatoms. The second-order valence-corrected chi connectivity index (χ2v) is 10.8. The van der Waals surface area contributed by atoms with Gasteiger partial charge >= 0.3 is 0 Å². The van der Waals surface area contributed by atoms with E-state index in [-0.39, 0.29) is 23.7 Å². The summed E-state index contributed by atoms with van der Waals surface area (Å²) in [6.45, 7) is 7.78. The summed E-state index contributed by atoms with van der Waals surface area (Å²) in [5.41, 5.74) is 1.91. The van der Waals surface area contributed by atoms with Crippen molar-refractivity contribution in [2.24, 2.45) is 11.8 Å². The average Bonchev–Trinajstić information content (AvgIpc) is 2.92. The van der Waals surface area contributed by atoms with Crippen LogP contribution in [0, 0.1) is 11.8 Å². The van der Waals surface area contributed by atoms with Crippen LogP contribution in [0.2, 0.25) is 0 Å². The van der Waals surface area contributed by atoms with Crippen LogP contribution in [0.25, 0.3) is 6.08 Å². The lowest BCUT2D eigenvalue weighted by molar-refractivity contribution is -0.136. The van der Waals surface area contributed by atoms with Gasteiger partial charge in [0.05, 0.1) is 6.04 Å². The molecule has 2 aliphatic rings. The number of ether oxygens (including phenoxy) is 1. The Balaban J connectivity index is 1.99. The molecule has 2 aromatic rings. The highest BCUT2D eigenvalue weighted by Crippen LogP contribution is 2.21. The van der Waals surface area contributed by atoms with E-state index in [1.807, 2.05) is 101 Å². The fraction of sp³-hybridized carbons (Fsp3) is 0.452. The summed E-state index contributed by atoms with van der Waals surface area (Å²) in [5.74, 6) is -0.734. The topological polar surface area (TPSA) is 99.8 Å². The van der Waals surface area contributed by atoms with Crippen molar-refractivity contribution in [2.75, 3.05) is 14.1 Å². The van der Waals surface area contributed by atoms with Crippen molar-refractivity contribution in [3.8, 4) is 5.75 Å². The SMILES string of the molecule is CC[C@@H](C)[C@@H]1NC(=O)[C@H](NC(=O)[C@@H](Cc2ccccc2)N(C)C)[C@H](C(C)C)Oc2ccc(cc2)/C=C\NC1=O. The Kier molecular flexibility index (Phi) is 10.7. The summed E-state index contributed by atoms with van der Waals surface area (Å²) in [4.78, 5) is 42.6. The molecule has 0 saturated heterocycles.